The molecule has 1 aliphatic rings. The Balaban J connectivity index is 1.66. The number of rotatable bonds is 7. The van der Waals surface area contributed by atoms with Crippen molar-refractivity contribution in [1.29, 1.82) is 0 Å². The molecule has 3 aromatic carbocycles. The highest BCUT2D eigenvalue weighted by Crippen LogP contribution is 2.45. The Hall–Kier alpha value is -4.24. The van der Waals surface area contributed by atoms with Gasteiger partial charge in [-0.25, -0.2) is 9.37 Å². The van der Waals surface area contributed by atoms with Crippen molar-refractivity contribution in [2.24, 2.45) is 5.92 Å². The number of Topliss-reactive ketones (excluding diaryl/α,β-unsaturated/α-hetero) is 1. The Labute approximate surface area is 229 Å². The Morgan fingerprint density at radius 1 is 1.13 bits per heavy atom. The first kappa shape index (κ1) is 26.4. The van der Waals surface area contributed by atoms with Crippen LogP contribution in [0.5, 0.6) is 11.5 Å². The van der Waals surface area contributed by atoms with Crippen LogP contribution in [0.2, 0.25) is 0 Å². The number of thiazole rings is 1. The van der Waals surface area contributed by atoms with Crippen LogP contribution in [0.15, 0.2) is 66.2 Å². The maximum atomic E-state index is 13.9. The molecule has 1 aliphatic heterocycles. The molecule has 2 heterocycles. The zero-order chi connectivity index (χ0) is 27.8. The van der Waals surface area contributed by atoms with E-state index in [-0.39, 0.29) is 16.5 Å². The minimum absolute atomic E-state index is 0.0751. The number of ketones is 1. The zero-order valence-electron chi connectivity index (χ0n) is 21.9. The molecule has 0 radical (unpaired) electrons. The van der Waals surface area contributed by atoms with Crippen molar-refractivity contribution in [2.45, 2.75) is 26.8 Å². The van der Waals surface area contributed by atoms with Crippen molar-refractivity contribution in [3.05, 3.63) is 88.7 Å². The second-order valence-electron chi connectivity index (χ2n) is 9.74. The van der Waals surface area contributed by atoms with Crippen molar-refractivity contribution in [3.8, 4) is 11.5 Å². The molecule has 0 spiro atoms. The molecule has 1 fully saturated rings. The van der Waals surface area contributed by atoms with Gasteiger partial charge in [-0.2, -0.15) is 0 Å². The molecule has 1 N–H and O–H groups in total. The normalized spacial score (nSPS) is 16.9. The average molecular weight is 547 g/mol. The Kier molecular flexibility index (Phi) is 7.10. The molecule has 0 aliphatic carbocycles. The summed E-state index contributed by atoms with van der Waals surface area (Å²) in [5.74, 6) is -0.885. The number of aryl methyl sites for hydroxylation is 1. The quantitative estimate of drug-likeness (QED) is 0.164. The third-order valence-corrected chi connectivity index (χ3v) is 7.44. The number of halogens is 1. The number of amides is 1. The number of hydrogen-bond acceptors (Lipinski definition) is 7. The summed E-state index contributed by atoms with van der Waals surface area (Å²) >= 11 is 1.09. The van der Waals surface area contributed by atoms with Gasteiger partial charge in [0.1, 0.15) is 23.1 Å². The van der Waals surface area contributed by atoms with E-state index in [4.69, 9.17) is 9.47 Å². The maximum absolute atomic E-state index is 13.9. The van der Waals surface area contributed by atoms with Gasteiger partial charge in [-0.3, -0.25) is 14.5 Å². The van der Waals surface area contributed by atoms with Crippen LogP contribution in [-0.4, -0.2) is 35.5 Å². The number of hydrogen-bond donors (Lipinski definition) is 1. The van der Waals surface area contributed by atoms with Crippen molar-refractivity contribution in [3.63, 3.8) is 0 Å². The van der Waals surface area contributed by atoms with Gasteiger partial charge < -0.3 is 14.6 Å². The van der Waals surface area contributed by atoms with E-state index < -0.39 is 23.5 Å². The Morgan fingerprint density at radius 2 is 1.92 bits per heavy atom. The fourth-order valence-electron chi connectivity index (χ4n) is 4.52. The maximum Gasteiger partial charge on any atom is 0.301 e. The molecular weight excluding hydrogens is 519 g/mol. The highest BCUT2D eigenvalue weighted by atomic mass is 32.1. The highest BCUT2D eigenvalue weighted by molar-refractivity contribution is 7.22. The molecule has 39 heavy (non-hydrogen) atoms. The predicted octanol–water partition coefficient (Wildman–Crippen LogP) is 6.41. The van der Waals surface area contributed by atoms with Gasteiger partial charge in [-0.15, -0.1) is 0 Å². The second-order valence-corrected chi connectivity index (χ2v) is 10.7. The van der Waals surface area contributed by atoms with Gasteiger partial charge in [0.25, 0.3) is 5.78 Å². The van der Waals surface area contributed by atoms with E-state index in [1.807, 2.05) is 6.92 Å². The van der Waals surface area contributed by atoms with Crippen molar-refractivity contribution in [1.82, 2.24) is 4.98 Å². The number of nitrogens with zero attached hydrogens (tertiary/aromatic N) is 2. The molecule has 4 aromatic rings. The third-order valence-electron chi connectivity index (χ3n) is 6.42. The fraction of sp³-hybridized carbons (Fsp3) is 0.233. The molecule has 1 saturated heterocycles. The smallest absolute Gasteiger partial charge is 0.301 e. The van der Waals surface area contributed by atoms with Crippen LogP contribution in [0.4, 0.5) is 9.52 Å². The minimum atomic E-state index is -0.984. The van der Waals surface area contributed by atoms with Crippen molar-refractivity contribution < 1.29 is 28.6 Å². The molecule has 5 rings (SSSR count). The number of methoxy groups -OCH3 is 1. The van der Waals surface area contributed by atoms with E-state index in [1.54, 1.807) is 42.5 Å². The Bertz CT molecular complexity index is 1630. The SMILES string of the molecule is COc1cccc(C2/C(=C(\O)c3ccc(OCC(C)C)c(C)c3)C(=O)C(=O)N2c2nc3ccc(F)cc3s2)c1. The summed E-state index contributed by atoms with van der Waals surface area (Å²) in [6, 6.07) is 15.2. The van der Waals surface area contributed by atoms with Crippen molar-refractivity contribution in [2.75, 3.05) is 18.6 Å². The summed E-state index contributed by atoms with van der Waals surface area (Å²) in [6.45, 7) is 6.49. The summed E-state index contributed by atoms with van der Waals surface area (Å²) in [5.41, 5.74) is 2.13. The van der Waals surface area contributed by atoms with Crippen LogP contribution in [-0.2, 0) is 9.59 Å². The summed E-state index contributed by atoms with van der Waals surface area (Å²) < 4.78 is 25.6. The number of carbonyl (C=O) groups excluding carboxylic acids is 2. The van der Waals surface area contributed by atoms with Crippen LogP contribution in [0.1, 0.15) is 36.6 Å². The number of carbonyl (C=O) groups is 2. The van der Waals surface area contributed by atoms with E-state index in [2.05, 4.69) is 18.8 Å². The minimum Gasteiger partial charge on any atom is -0.507 e. The summed E-state index contributed by atoms with van der Waals surface area (Å²) in [7, 11) is 1.52. The molecular formula is C30H27FN2O5S. The van der Waals surface area contributed by atoms with Gasteiger partial charge in [-0.1, -0.05) is 37.3 Å². The molecule has 1 atom stereocenters. The lowest BCUT2D eigenvalue weighted by Crippen LogP contribution is -2.29. The van der Waals surface area contributed by atoms with E-state index in [0.717, 1.165) is 16.9 Å². The van der Waals surface area contributed by atoms with Crippen LogP contribution < -0.4 is 14.4 Å². The fourth-order valence-corrected chi connectivity index (χ4v) is 5.53. The lowest BCUT2D eigenvalue weighted by molar-refractivity contribution is -0.132. The highest BCUT2D eigenvalue weighted by Gasteiger charge is 2.48. The van der Waals surface area contributed by atoms with E-state index in [9.17, 15) is 19.1 Å². The molecule has 7 nitrogen and oxygen atoms in total. The molecule has 0 bridgehead atoms. The van der Waals surface area contributed by atoms with E-state index >= 15 is 0 Å². The number of aliphatic hydroxyl groups is 1. The first-order valence-electron chi connectivity index (χ1n) is 12.4. The van der Waals surface area contributed by atoms with Crippen LogP contribution in [0.3, 0.4) is 0 Å². The third kappa shape index (κ3) is 4.97. The lowest BCUT2D eigenvalue weighted by Gasteiger charge is -2.23. The zero-order valence-corrected chi connectivity index (χ0v) is 22.7. The average Bonchev–Trinajstić information content (AvgIpc) is 3.44. The molecule has 1 unspecified atom stereocenters. The van der Waals surface area contributed by atoms with Gasteiger partial charge >= 0.3 is 5.91 Å². The first-order chi connectivity index (χ1) is 18.7. The monoisotopic (exact) mass is 546 g/mol. The van der Waals surface area contributed by atoms with E-state index in [0.29, 0.717) is 45.4 Å². The molecule has 1 amide bonds. The number of fused-ring (bicyclic) bond motifs is 1. The van der Waals surface area contributed by atoms with Crippen molar-refractivity contribution >= 4 is 44.1 Å². The standard InChI is InChI=1S/C30H27FN2O5S/c1-16(2)15-38-23-11-8-19(12-17(23)3)27(34)25-26(18-6-5-7-21(13-18)37-4)33(29(36)28(25)35)30-32-22-10-9-20(31)14-24(22)39-30/h5-14,16,26,34H,15H2,1-4H3/b27-25+. The molecule has 0 saturated carbocycles. The summed E-state index contributed by atoms with van der Waals surface area (Å²) in [4.78, 5) is 32.7. The van der Waals surface area contributed by atoms with Gasteiger partial charge in [0.05, 0.1) is 35.5 Å². The number of ether oxygens (including phenoxy) is 2. The first-order valence-corrected chi connectivity index (χ1v) is 13.2. The second kappa shape index (κ2) is 10.5. The van der Waals surface area contributed by atoms with Crippen LogP contribution >= 0.6 is 11.3 Å². The Morgan fingerprint density at radius 3 is 2.64 bits per heavy atom. The van der Waals surface area contributed by atoms with Gasteiger partial charge in [0, 0.05) is 5.56 Å². The van der Waals surface area contributed by atoms with Crippen LogP contribution in [0.25, 0.3) is 16.0 Å². The molecule has 200 valence electrons. The lowest BCUT2D eigenvalue weighted by atomic mass is 9.94. The number of aromatic nitrogens is 1. The number of anilines is 1. The summed E-state index contributed by atoms with van der Waals surface area (Å²) in [5, 5.41) is 11.7. The topological polar surface area (TPSA) is 89.0 Å². The van der Waals surface area contributed by atoms with Gasteiger partial charge in [-0.05, 0) is 72.5 Å². The van der Waals surface area contributed by atoms with Crippen LogP contribution in [0, 0.1) is 18.7 Å². The predicted molar refractivity (Wildman–Crippen MR) is 149 cm³/mol. The van der Waals surface area contributed by atoms with E-state index in [1.165, 1.54) is 30.2 Å². The largest absolute Gasteiger partial charge is 0.507 e. The summed E-state index contributed by atoms with van der Waals surface area (Å²) in [6.07, 6.45) is 0. The molecule has 9 heteroatoms. The number of benzene rings is 3. The number of aliphatic hydroxyl groups excluding tert-OH is 1. The van der Waals surface area contributed by atoms with Gasteiger partial charge in [0.15, 0.2) is 5.13 Å². The van der Waals surface area contributed by atoms with Gasteiger partial charge in [0.2, 0.25) is 0 Å². The molecule has 1 aromatic heterocycles.